The summed E-state index contributed by atoms with van der Waals surface area (Å²) >= 11 is 0. The van der Waals surface area contributed by atoms with Gasteiger partial charge in [0.15, 0.2) is 5.78 Å². The molecule has 4 rings (SSSR count). The first-order valence-electron chi connectivity index (χ1n) is 10.1. The Balaban J connectivity index is 1.65. The second-order valence-corrected chi connectivity index (χ2v) is 9.86. The minimum absolute atomic E-state index is 0.0859. The Hall–Kier alpha value is -1.12. The second kappa shape index (κ2) is 5.44. The minimum atomic E-state index is -0.190. The fraction of sp³-hybridized carbons (Fsp3) is 0.818. The predicted molar refractivity (Wildman–Crippen MR) is 96.8 cm³/mol. The number of hydrogen-bond donors (Lipinski definition) is 0. The van der Waals surface area contributed by atoms with Crippen molar-refractivity contribution in [2.24, 2.45) is 34.0 Å². The molecule has 7 unspecified atom stereocenters. The van der Waals surface area contributed by atoms with Gasteiger partial charge in [0.1, 0.15) is 6.10 Å². The number of ether oxygens (including phenoxy) is 1. The Kier molecular flexibility index (Phi) is 3.76. The van der Waals surface area contributed by atoms with Gasteiger partial charge in [-0.3, -0.25) is 9.59 Å². The lowest BCUT2D eigenvalue weighted by atomic mass is 9.41. The molecule has 25 heavy (non-hydrogen) atoms. The first kappa shape index (κ1) is 17.3. The molecule has 0 radical (unpaired) electrons. The van der Waals surface area contributed by atoms with Gasteiger partial charge in [0.2, 0.25) is 0 Å². The molecule has 3 saturated carbocycles. The standard InChI is InChI=1S/C22H32O3/c1-14(23)25-19-8-7-16-15-9-13-22(4)18(24)6-5-11-21(22,3)17(15)10-12-20(16,19)2/h5-6,15-17,19H,7-13H2,1-4H3. The van der Waals surface area contributed by atoms with Crippen molar-refractivity contribution in [2.75, 3.05) is 0 Å². The van der Waals surface area contributed by atoms with Crippen molar-refractivity contribution in [3.05, 3.63) is 12.2 Å². The summed E-state index contributed by atoms with van der Waals surface area (Å²) in [7, 11) is 0. The zero-order valence-corrected chi connectivity index (χ0v) is 16.1. The highest BCUT2D eigenvalue weighted by Gasteiger charge is 2.64. The molecule has 0 spiro atoms. The maximum atomic E-state index is 12.7. The zero-order chi connectivity index (χ0) is 18.0. The van der Waals surface area contributed by atoms with Crippen LogP contribution in [0.2, 0.25) is 0 Å². The lowest BCUT2D eigenvalue weighted by Crippen LogP contribution is -2.59. The van der Waals surface area contributed by atoms with Crippen molar-refractivity contribution in [3.8, 4) is 0 Å². The molecule has 7 atom stereocenters. The molecular weight excluding hydrogens is 312 g/mol. The van der Waals surface area contributed by atoms with Gasteiger partial charge < -0.3 is 4.74 Å². The van der Waals surface area contributed by atoms with Crippen LogP contribution in [0.1, 0.15) is 72.6 Å². The van der Waals surface area contributed by atoms with Crippen LogP contribution in [0.5, 0.6) is 0 Å². The number of rotatable bonds is 1. The monoisotopic (exact) mass is 344 g/mol. The average molecular weight is 344 g/mol. The van der Waals surface area contributed by atoms with E-state index >= 15 is 0 Å². The van der Waals surface area contributed by atoms with Crippen molar-refractivity contribution in [2.45, 2.75) is 78.7 Å². The number of carbonyl (C=O) groups is 2. The molecule has 3 heteroatoms. The summed E-state index contributed by atoms with van der Waals surface area (Å²) in [4.78, 5) is 24.3. The van der Waals surface area contributed by atoms with Crippen LogP contribution in [0.15, 0.2) is 12.2 Å². The normalized spacial score (nSPS) is 51.4. The molecular formula is C22H32O3. The molecule has 4 aliphatic rings. The van der Waals surface area contributed by atoms with E-state index in [1.807, 2.05) is 6.08 Å². The Morgan fingerprint density at radius 1 is 1.08 bits per heavy atom. The quantitative estimate of drug-likeness (QED) is 0.648. The summed E-state index contributed by atoms with van der Waals surface area (Å²) in [6, 6.07) is 0. The first-order valence-corrected chi connectivity index (χ1v) is 10.1. The van der Waals surface area contributed by atoms with Crippen LogP contribution in [0.25, 0.3) is 0 Å². The number of ketones is 1. The second-order valence-electron chi connectivity index (χ2n) is 9.86. The van der Waals surface area contributed by atoms with Crippen molar-refractivity contribution in [1.29, 1.82) is 0 Å². The van der Waals surface area contributed by atoms with Gasteiger partial charge in [-0.15, -0.1) is 0 Å². The average Bonchev–Trinajstić information content (AvgIpc) is 2.86. The molecule has 0 bridgehead atoms. The number of fused-ring (bicyclic) bond motifs is 5. The molecule has 0 aromatic rings. The summed E-state index contributed by atoms with van der Waals surface area (Å²) < 4.78 is 5.73. The minimum Gasteiger partial charge on any atom is -0.462 e. The molecule has 0 aliphatic heterocycles. The van der Waals surface area contributed by atoms with E-state index in [2.05, 4.69) is 26.8 Å². The highest BCUT2D eigenvalue weighted by Crippen LogP contribution is 2.68. The van der Waals surface area contributed by atoms with Crippen LogP contribution in [-0.2, 0) is 14.3 Å². The van der Waals surface area contributed by atoms with Crippen molar-refractivity contribution >= 4 is 11.8 Å². The van der Waals surface area contributed by atoms with Crippen LogP contribution in [0, 0.1) is 34.0 Å². The highest BCUT2D eigenvalue weighted by molar-refractivity contribution is 5.96. The fourth-order valence-electron chi connectivity index (χ4n) is 7.35. The van der Waals surface area contributed by atoms with E-state index in [1.165, 1.54) is 19.8 Å². The topological polar surface area (TPSA) is 43.4 Å². The third-order valence-corrected chi connectivity index (χ3v) is 9.07. The highest BCUT2D eigenvalue weighted by atomic mass is 16.5. The Morgan fingerprint density at radius 3 is 2.56 bits per heavy atom. The SMILES string of the molecule is CC(=O)OC1CCC2C3CCC4(C)C(=O)C=CCC4(C)C3CCC12C. The zero-order valence-electron chi connectivity index (χ0n) is 16.1. The summed E-state index contributed by atoms with van der Waals surface area (Å²) in [6.45, 7) is 8.50. The maximum absolute atomic E-state index is 12.7. The van der Waals surface area contributed by atoms with E-state index in [0.29, 0.717) is 23.5 Å². The van der Waals surface area contributed by atoms with E-state index in [4.69, 9.17) is 4.74 Å². The van der Waals surface area contributed by atoms with E-state index in [9.17, 15) is 9.59 Å². The molecule has 0 heterocycles. The van der Waals surface area contributed by atoms with E-state index in [-0.39, 0.29) is 28.3 Å². The van der Waals surface area contributed by atoms with Gasteiger partial charge >= 0.3 is 5.97 Å². The van der Waals surface area contributed by atoms with Gasteiger partial charge in [0, 0.05) is 17.8 Å². The summed E-state index contributed by atoms with van der Waals surface area (Å²) in [5.74, 6) is 2.14. The molecule has 0 N–H and O–H groups in total. The van der Waals surface area contributed by atoms with Crippen LogP contribution >= 0.6 is 0 Å². The Labute approximate surface area is 151 Å². The van der Waals surface area contributed by atoms with Crippen LogP contribution in [0.4, 0.5) is 0 Å². The summed E-state index contributed by atoms with van der Waals surface area (Å²) in [5.41, 5.74) is 0.0264. The smallest absolute Gasteiger partial charge is 0.302 e. The fourth-order valence-corrected chi connectivity index (χ4v) is 7.35. The Bertz CT molecular complexity index is 637. The van der Waals surface area contributed by atoms with Gasteiger partial charge in [0.25, 0.3) is 0 Å². The van der Waals surface area contributed by atoms with Crippen molar-refractivity contribution < 1.29 is 14.3 Å². The largest absolute Gasteiger partial charge is 0.462 e. The molecule has 3 fully saturated rings. The Morgan fingerprint density at radius 2 is 1.84 bits per heavy atom. The third-order valence-electron chi connectivity index (χ3n) is 9.07. The third kappa shape index (κ3) is 2.16. The van der Waals surface area contributed by atoms with Crippen LogP contribution < -0.4 is 0 Å². The molecule has 4 aliphatic carbocycles. The first-order chi connectivity index (χ1) is 11.7. The number of carbonyl (C=O) groups excluding carboxylic acids is 2. The number of esters is 1. The van der Waals surface area contributed by atoms with E-state index < -0.39 is 0 Å². The molecule has 138 valence electrons. The van der Waals surface area contributed by atoms with Gasteiger partial charge in [0.05, 0.1) is 0 Å². The van der Waals surface area contributed by atoms with Crippen LogP contribution in [0.3, 0.4) is 0 Å². The van der Waals surface area contributed by atoms with E-state index in [1.54, 1.807) is 0 Å². The maximum Gasteiger partial charge on any atom is 0.302 e. The molecule has 0 aromatic carbocycles. The summed E-state index contributed by atoms with van der Waals surface area (Å²) in [5, 5.41) is 0. The van der Waals surface area contributed by atoms with Gasteiger partial charge in [-0.05, 0) is 74.2 Å². The molecule has 3 nitrogen and oxygen atoms in total. The van der Waals surface area contributed by atoms with Crippen LogP contribution in [-0.4, -0.2) is 17.9 Å². The van der Waals surface area contributed by atoms with E-state index in [0.717, 1.165) is 32.1 Å². The van der Waals surface area contributed by atoms with Gasteiger partial charge in [-0.2, -0.15) is 0 Å². The molecule has 0 saturated heterocycles. The van der Waals surface area contributed by atoms with Crippen molar-refractivity contribution in [1.82, 2.24) is 0 Å². The lowest BCUT2D eigenvalue weighted by molar-refractivity contribution is -0.170. The molecule has 0 aromatic heterocycles. The van der Waals surface area contributed by atoms with Gasteiger partial charge in [-0.1, -0.05) is 26.8 Å². The number of hydrogen-bond acceptors (Lipinski definition) is 3. The molecule has 0 amide bonds. The number of allylic oxidation sites excluding steroid dienone is 2. The lowest BCUT2D eigenvalue weighted by Gasteiger charge is -2.62. The summed E-state index contributed by atoms with van der Waals surface area (Å²) in [6.07, 6.45) is 11.7. The predicted octanol–water partition coefficient (Wildman–Crippen LogP) is 4.70. The van der Waals surface area contributed by atoms with Crippen molar-refractivity contribution in [3.63, 3.8) is 0 Å². The van der Waals surface area contributed by atoms with Gasteiger partial charge in [-0.25, -0.2) is 0 Å².